The number of hydrogen-bond donors (Lipinski definition) is 0. The zero-order valence-electron chi connectivity index (χ0n) is 15.1. The molecule has 3 heterocycles. The molecule has 6 nitrogen and oxygen atoms in total. The fourth-order valence-corrected chi connectivity index (χ4v) is 2.74. The molecule has 2 fully saturated rings. The first-order valence-electron chi connectivity index (χ1n) is 8.61. The van der Waals surface area contributed by atoms with Gasteiger partial charge in [0, 0.05) is 31.3 Å². The molecule has 0 unspecified atom stereocenters. The molecule has 0 amide bonds. The highest BCUT2D eigenvalue weighted by atomic mass is 16.7. The SMILES string of the molecule is CC1(C)OB(c2cncc(OCCN3CCOCC3)c2)OC1(C)C. The Balaban J connectivity index is 1.56. The van der Waals surface area contributed by atoms with E-state index in [0.29, 0.717) is 6.61 Å². The molecular weight excluding hydrogens is 307 g/mol. The molecule has 2 saturated heterocycles. The first kappa shape index (κ1) is 17.7. The third-order valence-corrected chi connectivity index (χ3v) is 5.04. The quantitative estimate of drug-likeness (QED) is 0.752. The maximum Gasteiger partial charge on any atom is 0.496 e. The van der Waals surface area contributed by atoms with Crippen LogP contribution in [-0.2, 0) is 14.0 Å². The molecule has 0 aromatic carbocycles. The highest BCUT2D eigenvalue weighted by molar-refractivity contribution is 6.62. The van der Waals surface area contributed by atoms with E-state index in [4.69, 9.17) is 18.8 Å². The van der Waals surface area contributed by atoms with E-state index in [0.717, 1.165) is 44.1 Å². The summed E-state index contributed by atoms with van der Waals surface area (Å²) in [5.74, 6) is 0.746. The van der Waals surface area contributed by atoms with Gasteiger partial charge in [-0.2, -0.15) is 0 Å². The van der Waals surface area contributed by atoms with Crippen molar-refractivity contribution in [2.75, 3.05) is 39.5 Å². The molecule has 0 bridgehead atoms. The Morgan fingerprint density at radius 2 is 1.79 bits per heavy atom. The summed E-state index contributed by atoms with van der Waals surface area (Å²) in [5, 5.41) is 0. The molecule has 1 aromatic rings. The molecule has 7 heteroatoms. The van der Waals surface area contributed by atoms with E-state index in [2.05, 4.69) is 9.88 Å². The highest BCUT2D eigenvalue weighted by Gasteiger charge is 2.51. The first-order valence-corrected chi connectivity index (χ1v) is 8.61. The zero-order chi connectivity index (χ0) is 17.2. The largest absolute Gasteiger partial charge is 0.496 e. The van der Waals surface area contributed by atoms with Gasteiger partial charge in [-0.1, -0.05) is 0 Å². The summed E-state index contributed by atoms with van der Waals surface area (Å²) >= 11 is 0. The predicted molar refractivity (Wildman–Crippen MR) is 92.7 cm³/mol. The lowest BCUT2D eigenvalue weighted by molar-refractivity contribution is 0.00578. The van der Waals surface area contributed by atoms with E-state index < -0.39 is 7.12 Å². The van der Waals surface area contributed by atoms with Gasteiger partial charge >= 0.3 is 7.12 Å². The highest BCUT2D eigenvalue weighted by Crippen LogP contribution is 2.36. The predicted octanol–water partition coefficient (Wildman–Crippen LogP) is 1.09. The van der Waals surface area contributed by atoms with Gasteiger partial charge in [-0.25, -0.2) is 0 Å². The van der Waals surface area contributed by atoms with Crippen LogP contribution in [0.15, 0.2) is 18.5 Å². The number of ether oxygens (including phenoxy) is 2. The minimum absolute atomic E-state index is 0.356. The second-order valence-electron chi connectivity index (χ2n) is 7.34. The lowest BCUT2D eigenvalue weighted by atomic mass is 9.80. The average Bonchev–Trinajstić information content (AvgIpc) is 2.77. The normalized spacial score (nSPS) is 23.4. The van der Waals surface area contributed by atoms with E-state index in [1.165, 1.54) is 0 Å². The second-order valence-corrected chi connectivity index (χ2v) is 7.34. The van der Waals surface area contributed by atoms with Crippen molar-refractivity contribution in [3.8, 4) is 5.75 Å². The molecule has 3 rings (SSSR count). The number of nitrogens with zero attached hydrogens (tertiary/aromatic N) is 2. The summed E-state index contributed by atoms with van der Waals surface area (Å²) in [6, 6.07) is 1.95. The Kier molecular flexibility index (Phi) is 5.15. The molecule has 2 aliphatic heterocycles. The zero-order valence-corrected chi connectivity index (χ0v) is 15.1. The van der Waals surface area contributed by atoms with Crippen LogP contribution < -0.4 is 10.2 Å². The van der Waals surface area contributed by atoms with Crippen LogP contribution in [0.5, 0.6) is 5.75 Å². The van der Waals surface area contributed by atoms with Crippen LogP contribution in [0.25, 0.3) is 0 Å². The smallest absolute Gasteiger partial charge is 0.491 e. The van der Waals surface area contributed by atoms with Gasteiger partial charge in [0.25, 0.3) is 0 Å². The molecule has 0 radical (unpaired) electrons. The van der Waals surface area contributed by atoms with Crippen LogP contribution >= 0.6 is 0 Å². The Morgan fingerprint density at radius 3 is 2.46 bits per heavy atom. The number of hydrogen-bond acceptors (Lipinski definition) is 6. The first-order chi connectivity index (χ1) is 11.4. The molecule has 132 valence electrons. The maximum absolute atomic E-state index is 6.06. The fourth-order valence-electron chi connectivity index (χ4n) is 2.74. The van der Waals surface area contributed by atoms with Gasteiger partial charge in [-0.05, 0) is 33.8 Å². The molecule has 0 atom stereocenters. The van der Waals surface area contributed by atoms with Crippen molar-refractivity contribution >= 4 is 12.6 Å². The molecule has 24 heavy (non-hydrogen) atoms. The van der Waals surface area contributed by atoms with Gasteiger partial charge in [0.1, 0.15) is 12.4 Å². The third-order valence-electron chi connectivity index (χ3n) is 5.04. The number of aromatic nitrogens is 1. The molecule has 0 spiro atoms. The van der Waals surface area contributed by atoms with Crippen molar-refractivity contribution in [1.29, 1.82) is 0 Å². The Hall–Kier alpha value is -1.15. The molecule has 0 aliphatic carbocycles. The van der Waals surface area contributed by atoms with Crippen molar-refractivity contribution in [3.63, 3.8) is 0 Å². The third kappa shape index (κ3) is 3.91. The van der Waals surface area contributed by atoms with E-state index in [-0.39, 0.29) is 11.2 Å². The van der Waals surface area contributed by atoms with Gasteiger partial charge in [0.05, 0.1) is 30.6 Å². The van der Waals surface area contributed by atoms with Gasteiger partial charge in [-0.15, -0.1) is 0 Å². The second kappa shape index (κ2) is 7.00. The molecular formula is C17H27BN2O4. The Morgan fingerprint density at radius 1 is 1.12 bits per heavy atom. The Bertz CT molecular complexity index is 545. The average molecular weight is 334 g/mol. The fraction of sp³-hybridized carbons (Fsp3) is 0.706. The van der Waals surface area contributed by atoms with Gasteiger partial charge < -0.3 is 18.8 Å². The van der Waals surface area contributed by atoms with E-state index >= 15 is 0 Å². The van der Waals surface area contributed by atoms with E-state index in [1.54, 1.807) is 12.4 Å². The van der Waals surface area contributed by atoms with Crippen molar-refractivity contribution in [3.05, 3.63) is 18.5 Å². The summed E-state index contributed by atoms with van der Waals surface area (Å²) in [4.78, 5) is 6.61. The van der Waals surface area contributed by atoms with Gasteiger partial charge in [0.2, 0.25) is 0 Å². The van der Waals surface area contributed by atoms with Crippen molar-refractivity contribution in [1.82, 2.24) is 9.88 Å². The molecule has 1 aromatic heterocycles. The van der Waals surface area contributed by atoms with Crippen LogP contribution in [-0.4, -0.2) is 67.7 Å². The number of morpholine rings is 1. The molecule has 2 aliphatic rings. The topological polar surface area (TPSA) is 53.1 Å². The number of rotatable bonds is 5. The summed E-state index contributed by atoms with van der Waals surface area (Å²) in [6.45, 7) is 13.3. The standard InChI is InChI=1S/C17H27BN2O4/c1-16(2)17(3,4)24-18(23-16)14-11-15(13-19-12-14)22-10-7-20-5-8-21-9-6-20/h11-13H,5-10H2,1-4H3. The summed E-state index contributed by atoms with van der Waals surface area (Å²) in [7, 11) is -0.412. The van der Waals surface area contributed by atoms with Crippen LogP contribution in [0.3, 0.4) is 0 Å². The molecule has 0 N–H and O–H groups in total. The van der Waals surface area contributed by atoms with E-state index in [1.807, 2.05) is 33.8 Å². The van der Waals surface area contributed by atoms with Crippen molar-refractivity contribution < 1.29 is 18.8 Å². The van der Waals surface area contributed by atoms with Crippen LogP contribution in [0, 0.1) is 0 Å². The summed E-state index contributed by atoms with van der Waals surface area (Å²) < 4.78 is 23.3. The lowest BCUT2D eigenvalue weighted by Crippen LogP contribution is -2.41. The monoisotopic (exact) mass is 334 g/mol. The van der Waals surface area contributed by atoms with Gasteiger partial charge in [0.15, 0.2) is 0 Å². The van der Waals surface area contributed by atoms with Gasteiger partial charge in [-0.3, -0.25) is 9.88 Å². The minimum atomic E-state index is -0.412. The van der Waals surface area contributed by atoms with Crippen molar-refractivity contribution in [2.45, 2.75) is 38.9 Å². The van der Waals surface area contributed by atoms with Crippen LogP contribution in [0.4, 0.5) is 0 Å². The summed E-state index contributed by atoms with van der Waals surface area (Å²) in [6.07, 6.45) is 3.50. The Labute approximate surface area is 144 Å². The van der Waals surface area contributed by atoms with Crippen LogP contribution in [0.1, 0.15) is 27.7 Å². The lowest BCUT2D eigenvalue weighted by Gasteiger charge is -2.32. The molecule has 0 saturated carbocycles. The number of pyridine rings is 1. The summed E-state index contributed by atoms with van der Waals surface area (Å²) in [5.41, 5.74) is 0.174. The van der Waals surface area contributed by atoms with Crippen LogP contribution in [0.2, 0.25) is 0 Å². The minimum Gasteiger partial charge on any atom is -0.491 e. The van der Waals surface area contributed by atoms with E-state index in [9.17, 15) is 0 Å². The van der Waals surface area contributed by atoms with Crippen molar-refractivity contribution in [2.24, 2.45) is 0 Å². The maximum atomic E-state index is 6.06.